The molecule has 0 aliphatic heterocycles. The summed E-state index contributed by atoms with van der Waals surface area (Å²) in [5, 5.41) is 2.26. The van der Waals surface area contributed by atoms with Crippen LogP contribution in [0.25, 0.3) is 0 Å². The number of ether oxygens (including phenoxy) is 1. The van der Waals surface area contributed by atoms with Crippen molar-refractivity contribution in [3.63, 3.8) is 0 Å². The van der Waals surface area contributed by atoms with Gasteiger partial charge in [-0.25, -0.2) is 0 Å². The van der Waals surface area contributed by atoms with Gasteiger partial charge >= 0.3 is 6.18 Å². The second-order valence-corrected chi connectivity index (χ2v) is 3.69. The maximum Gasteiger partial charge on any atom is 0.403 e. The molecule has 1 aromatic carbocycles. The van der Waals surface area contributed by atoms with Crippen LogP contribution >= 0.6 is 0 Å². The molecule has 0 radical (unpaired) electrons. The summed E-state index contributed by atoms with van der Waals surface area (Å²) in [7, 11) is 1.32. The molecule has 0 aromatic heterocycles. The summed E-state index contributed by atoms with van der Waals surface area (Å²) in [5.41, 5.74) is 0. The monoisotopic (exact) mass is 247 g/mol. The summed E-state index contributed by atoms with van der Waals surface area (Å²) in [6.07, 6.45) is -3.81. The van der Waals surface area contributed by atoms with Crippen molar-refractivity contribution in [2.45, 2.75) is 25.1 Å². The average Bonchev–Trinajstić information content (AvgIpc) is 2.28. The van der Waals surface area contributed by atoms with E-state index < -0.39 is 12.2 Å². The molecular weight excluding hydrogens is 231 g/mol. The Morgan fingerprint density at radius 3 is 2.41 bits per heavy atom. The van der Waals surface area contributed by atoms with Gasteiger partial charge in [0.1, 0.15) is 11.8 Å². The first-order valence-electron chi connectivity index (χ1n) is 5.46. The summed E-state index contributed by atoms with van der Waals surface area (Å²) >= 11 is 0. The van der Waals surface area contributed by atoms with E-state index in [1.54, 1.807) is 12.1 Å². The van der Waals surface area contributed by atoms with Crippen LogP contribution in [0.15, 0.2) is 30.3 Å². The van der Waals surface area contributed by atoms with Crippen LogP contribution in [0.1, 0.15) is 12.8 Å². The topological polar surface area (TPSA) is 21.3 Å². The molecule has 0 heterocycles. The molecule has 0 amide bonds. The SMILES string of the molecule is CNC(CCCOc1ccccc1)C(F)(F)F. The summed E-state index contributed by atoms with van der Waals surface area (Å²) in [5.74, 6) is 0.681. The Hall–Kier alpha value is -1.23. The van der Waals surface area contributed by atoms with Crippen molar-refractivity contribution in [1.29, 1.82) is 0 Å². The summed E-state index contributed by atoms with van der Waals surface area (Å²) in [6, 6.07) is 7.59. The Bertz CT molecular complexity index is 313. The number of hydrogen-bond acceptors (Lipinski definition) is 2. The Morgan fingerprint density at radius 1 is 1.24 bits per heavy atom. The van der Waals surface area contributed by atoms with Gasteiger partial charge in [-0.15, -0.1) is 0 Å². The lowest BCUT2D eigenvalue weighted by Gasteiger charge is -2.19. The van der Waals surface area contributed by atoms with Gasteiger partial charge in [-0.1, -0.05) is 18.2 Å². The van der Waals surface area contributed by atoms with Gasteiger partial charge in [0.25, 0.3) is 0 Å². The second kappa shape index (κ2) is 6.49. The molecule has 0 aliphatic carbocycles. The highest BCUT2D eigenvalue weighted by Crippen LogP contribution is 2.23. The molecule has 0 aliphatic rings. The molecular formula is C12H16F3NO. The normalized spacial score (nSPS) is 13.4. The summed E-state index contributed by atoms with van der Waals surface area (Å²) in [4.78, 5) is 0. The van der Waals surface area contributed by atoms with Crippen LogP contribution in [0.4, 0.5) is 13.2 Å². The summed E-state index contributed by atoms with van der Waals surface area (Å²) < 4.78 is 42.4. The zero-order chi connectivity index (χ0) is 12.7. The van der Waals surface area contributed by atoms with Crippen molar-refractivity contribution in [1.82, 2.24) is 5.32 Å². The van der Waals surface area contributed by atoms with Crippen LogP contribution in [-0.4, -0.2) is 25.9 Å². The molecule has 0 fully saturated rings. The molecule has 0 saturated carbocycles. The number of benzene rings is 1. The Kier molecular flexibility index (Phi) is 5.28. The van der Waals surface area contributed by atoms with Crippen LogP contribution in [0.3, 0.4) is 0 Å². The largest absolute Gasteiger partial charge is 0.494 e. The molecule has 5 heteroatoms. The zero-order valence-electron chi connectivity index (χ0n) is 9.63. The minimum Gasteiger partial charge on any atom is -0.494 e. The maximum absolute atomic E-state index is 12.4. The molecule has 1 rings (SSSR count). The molecule has 0 bridgehead atoms. The molecule has 0 saturated heterocycles. The van der Waals surface area contributed by atoms with E-state index in [1.165, 1.54) is 7.05 Å². The minimum absolute atomic E-state index is 0.0207. The maximum atomic E-state index is 12.4. The van der Waals surface area contributed by atoms with Gasteiger partial charge in [0.15, 0.2) is 0 Å². The Morgan fingerprint density at radius 2 is 1.88 bits per heavy atom. The van der Waals surface area contributed by atoms with E-state index in [0.717, 1.165) is 0 Å². The first kappa shape index (κ1) is 13.8. The van der Waals surface area contributed by atoms with E-state index in [4.69, 9.17) is 4.74 Å². The van der Waals surface area contributed by atoms with Crippen LogP contribution in [0.2, 0.25) is 0 Å². The van der Waals surface area contributed by atoms with E-state index in [9.17, 15) is 13.2 Å². The molecule has 1 aromatic rings. The van der Waals surface area contributed by atoms with E-state index in [-0.39, 0.29) is 13.0 Å². The highest BCUT2D eigenvalue weighted by molar-refractivity contribution is 5.20. The third-order valence-electron chi connectivity index (χ3n) is 2.39. The molecule has 2 nitrogen and oxygen atoms in total. The van der Waals surface area contributed by atoms with E-state index in [1.807, 2.05) is 18.2 Å². The van der Waals surface area contributed by atoms with Crippen LogP contribution < -0.4 is 10.1 Å². The van der Waals surface area contributed by atoms with Gasteiger partial charge in [-0.05, 0) is 32.0 Å². The fraction of sp³-hybridized carbons (Fsp3) is 0.500. The number of hydrogen-bond donors (Lipinski definition) is 1. The fourth-order valence-corrected chi connectivity index (χ4v) is 1.47. The van der Waals surface area contributed by atoms with Crippen molar-refractivity contribution in [2.24, 2.45) is 0 Å². The zero-order valence-corrected chi connectivity index (χ0v) is 9.63. The lowest BCUT2D eigenvalue weighted by Crippen LogP contribution is -2.40. The standard InChI is InChI=1S/C12H16F3NO/c1-16-11(12(13,14)15)8-5-9-17-10-6-3-2-4-7-10/h2-4,6-7,11,16H,5,8-9H2,1H3. The van der Waals surface area contributed by atoms with Crippen molar-refractivity contribution >= 4 is 0 Å². The van der Waals surface area contributed by atoms with Gasteiger partial charge in [0.05, 0.1) is 6.61 Å². The fourth-order valence-electron chi connectivity index (χ4n) is 1.47. The predicted octanol–water partition coefficient (Wildman–Crippen LogP) is 3.00. The third kappa shape index (κ3) is 5.08. The van der Waals surface area contributed by atoms with E-state index in [2.05, 4.69) is 5.32 Å². The van der Waals surface area contributed by atoms with Crippen molar-refractivity contribution in [3.05, 3.63) is 30.3 Å². The van der Waals surface area contributed by atoms with Gasteiger partial charge in [-0.3, -0.25) is 0 Å². The van der Waals surface area contributed by atoms with Gasteiger partial charge in [-0.2, -0.15) is 13.2 Å². The van der Waals surface area contributed by atoms with Crippen LogP contribution in [0, 0.1) is 0 Å². The molecule has 0 spiro atoms. The molecule has 1 unspecified atom stereocenters. The molecule has 1 atom stereocenters. The number of alkyl halides is 3. The Labute approximate surface area is 98.8 Å². The number of para-hydroxylation sites is 1. The average molecular weight is 247 g/mol. The lowest BCUT2D eigenvalue weighted by molar-refractivity contribution is -0.156. The minimum atomic E-state index is -4.19. The third-order valence-corrected chi connectivity index (χ3v) is 2.39. The quantitative estimate of drug-likeness (QED) is 0.780. The summed E-state index contributed by atoms with van der Waals surface area (Å²) in [6.45, 7) is 0.290. The first-order chi connectivity index (χ1) is 8.04. The van der Waals surface area contributed by atoms with Gasteiger partial charge in [0, 0.05) is 0 Å². The van der Waals surface area contributed by atoms with Crippen molar-refractivity contribution in [3.8, 4) is 5.75 Å². The molecule has 17 heavy (non-hydrogen) atoms. The van der Waals surface area contributed by atoms with Crippen LogP contribution in [0.5, 0.6) is 5.75 Å². The first-order valence-corrected chi connectivity index (χ1v) is 5.46. The van der Waals surface area contributed by atoms with E-state index >= 15 is 0 Å². The van der Waals surface area contributed by atoms with Gasteiger partial charge in [0.2, 0.25) is 0 Å². The van der Waals surface area contributed by atoms with E-state index in [0.29, 0.717) is 12.2 Å². The van der Waals surface area contributed by atoms with Crippen molar-refractivity contribution in [2.75, 3.05) is 13.7 Å². The Balaban J connectivity index is 2.24. The van der Waals surface area contributed by atoms with Crippen molar-refractivity contribution < 1.29 is 17.9 Å². The highest BCUT2D eigenvalue weighted by Gasteiger charge is 2.37. The lowest BCUT2D eigenvalue weighted by atomic mass is 10.1. The molecule has 1 N–H and O–H groups in total. The van der Waals surface area contributed by atoms with Crippen LogP contribution in [-0.2, 0) is 0 Å². The predicted molar refractivity (Wildman–Crippen MR) is 60.1 cm³/mol. The number of halogens is 3. The number of rotatable bonds is 6. The number of nitrogens with one attached hydrogen (secondary N) is 1. The molecule has 96 valence electrons. The highest BCUT2D eigenvalue weighted by atomic mass is 19.4. The smallest absolute Gasteiger partial charge is 0.403 e. The van der Waals surface area contributed by atoms with Gasteiger partial charge < -0.3 is 10.1 Å². The second-order valence-electron chi connectivity index (χ2n) is 3.69.